The van der Waals surface area contributed by atoms with Gasteiger partial charge in [0.15, 0.2) is 5.92 Å². The van der Waals surface area contributed by atoms with Gasteiger partial charge in [0, 0.05) is 31.6 Å². The van der Waals surface area contributed by atoms with Crippen LogP contribution in [0.15, 0.2) is 24.3 Å². The second-order valence-electron chi connectivity index (χ2n) is 7.63. The Kier molecular flexibility index (Phi) is 11.3. The number of ether oxygens (including phenoxy) is 2. The molecule has 1 aliphatic rings. The number of hydrogen-bond donors (Lipinski definition) is 3. The molecule has 1 aliphatic heterocycles. The Bertz CT molecular complexity index is 959. The number of methoxy groups -OCH3 is 1. The molecule has 0 bridgehead atoms. The van der Waals surface area contributed by atoms with Crippen molar-refractivity contribution < 1.29 is 37.0 Å². The summed E-state index contributed by atoms with van der Waals surface area (Å²) >= 11 is 1.05. The summed E-state index contributed by atoms with van der Waals surface area (Å²) in [6.45, 7) is 0.938. The van der Waals surface area contributed by atoms with Crippen LogP contribution in [0.2, 0.25) is 0 Å². The molecule has 3 N–H and O–H groups in total. The van der Waals surface area contributed by atoms with Crippen molar-refractivity contribution in [3.05, 3.63) is 24.3 Å². The topological polar surface area (TPSA) is 133 Å². The molecule has 10 nitrogen and oxygen atoms in total. The lowest BCUT2D eigenvalue weighted by molar-refractivity contribution is -0.141. The number of thioether (sulfide) groups is 1. The number of alkyl halides is 3. The van der Waals surface area contributed by atoms with Crippen LogP contribution >= 0.6 is 11.8 Å². The highest BCUT2D eigenvalue weighted by Crippen LogP contribution is 2.36. The molecule has 3 atom stereocenters. The summed E-state index contributed by atoms with van der Waals surface area (Å²) in [6.07, 6.45) is -4.61. The monoisotopic (exact) mass is 531 g/mol. The average molecular weight is 532 g/mol. The summed E-state index contributed by atoms with van der Waals surface area (Å²) in [5.74, 6) is -3.23. The van der Waals surface area contributed by atoms with Crippen LogP contribution in [0.4, 0.5) is 24.5 Å². The van der Waals surface area contributed by atoms with Gasteiger partial charge in [-0.2, -0.15) is 18.4 Å². The molecular weight excluding hydrogens is 503 g/mol. The van der Waals surface area contributed by atoms with Gasteiger partial charge in [-0.1, -0.05) is 6.07 Å². The molecule has 0 aliphatic carbocycles. The fourth-order valence-corrected chi connectivity index (χ4v) is 4.82. The third kappa shape index (κ3) is 8.89. The van der Waals surface area contributed by atoms with Crippen LogP contribution in [0.5, 0.6) is 0 Å². The van der Waals surface area contributed by atoms with E-state index >= 15 is 0 Å². The van der Waals surface area contributed by atoms with Crippen molar-refractivity contribution in [1.82, 2.24) is 10.2 Å². The third-order valence-electron chi connectivity index (χ3n) is 4.98. The number of nitrogens with zero attached hydrogens (tertiary/aromatic N) is 2. The van der Waals surface area contributed by atoms with E-state index in [1.54, 1.807) is 42.6 Å². The van der Waals surface area contributed by atoms with E-state index in [9.17, 15) is 32.8 Å². The number of amides is 3. The van der Waals surface area contributed by atoms with Crippen LogP contribution < -0.4 is 16.0 Å². The Hall–Kier alpha value is -3.02. The normalized spacial score (nSPS) is 18.4. The van der Waals surface area contributed by atoms with Gasteiger partial charge in [-0.05, 0) is 25.1 Å². The van der Waals surface area contributed by atoms with Crippen molar-refractivity contribution in [2.45, 2.75) is 23.7 Å². The highest BCUT2D eigenvalue weighted by molar-refractivity contribution is 8.01. The highest BCUT2D eigenvalue weighted by atomic mass is 32.2. The Morgan fingerprint density at radius 3 is 2.64 bits per heavy atom. The molecule has 0 spiro atoms. The van der Waals surface area contributed by atoms with Crippen molar-refractivity contribution in [3.63, 3.8) is 0 Å². The van der Waals surface area contributed by atoms with Gasteiger partial charge in [-0.25, -0.2) is 0 Å². The number of carbonyl (C=O) groups excluding carboxylic acids is 3. The van der Waals surface area contributed by atoms with Crippen LogP contribution in [0, 0.1) is 17.2 Å². The van der Waals surface area contributed by atoms with E-state index < -0.39 is 35.2 Å². The van der Waals surface area contributed by atoms with E-state index in [2.05, 4.69) is 10.6 Å². The van der Waals surface area contributed by atoms with Crippen LogP contribution in [0.1, 0.15) is 6.92 Å². The quantitative estimate of drug-likeness (QED) is 0.329. The molecular formula is C22H28F3N5O5S. The largest absolute Gasteiger partial charge is 0.405 e. The number of nitrogens with one attached hydrogen (secondary N) is 3. The molecule has 2 unspecified atom stereocenters. The molecule has 2 rings (SSSR count). The van der Waals surface area contributed by atoms with Gasteiger partial charge in [0.2, 0.25) is 17.7 Å². The summed E-state index contributed by atoms with van der Waals surface area (Å²) in [5, 5.41) is 15.4. The van der Waals surface area contributed by atoms with Gasteiger partial charge in [0.1, 0.15) is 23.8 Å². The maximum atomic E-state index is 12.9. The summed E-state index contributed by atoms with van der Waals surface area (Å²) in [6, 6.07) is 8.50. The molecule has 3 amide bonds. The molecule has 0 aromatic heterocycles. The van der Waals surface area contributed by atoms with Crippen LogP contribution in [-0.4, -0.2) is 86.0 Å². The molecule has 1 aromatic rings. The molecule has 1 aromatic carbocycles. The SMILES string of the molecule is CCN1C(=O)C(CNc2cccc(NC(=O)COCCOC)c2)SC1[C@H](C#N)C(=O)NCC(F)(F)F. The Morgan fingerprint density at radius 1 is 1.28 bits per heavy atom. The lowest BCUT2D eigenvalue weighted by Crippen LogP contribution is -2.45. The number of hydrogen-bond acceptors (Lipinski definition) is 8. The van der Waals surface area contributed by atoms with Crippen LogP contribution in [0.25, 0.3) is 0 Å². The van der Waals surface area contributed by atoms with Gasteiger partial charge >= 0.3 is 6.18 Å². The number of rotatable bonds is 13. The number of nitriles is 1. The van der Waals surface area contributed by atoms with Crippen molar-refractivity contribution >= 4 is 40.9 Å². The van der Waals surface area contributed by atoms with E-state index in [1.807, 2.05) is 0 Å². The summed E-state index contributed by atoms with van der Waals surface area (Å²) in [7, 11) is 1.52. The lowest BCUT2D eigenvalue weighted by Gasteiger charge is -2.25. The Morgan fingerprint density at radius 2 is 2.00 bits per heavy atom. The lowest BCUT2D eigenvalue weighted by atomic mass is 10.1. The number of carbonyl (C=O) groups is 3. The second kappa shape index (κ2) is 13.9. The molecule has 36 heavy (non-hydrogen) atoms. The van der Waals surface area contributed by atoms with Crippen molar-refractivity contribution in [1.29, 1.82) is 5.26 Å². The molecule has 1 heterocycles. The summed E-state index contributed by atoms with van der Waals surface area (Å²) in [5.41, 5.74) is 1.11. The number of benzene rings is 1. The van der Waals surface area contributed by atoms with Crippen LogP contribution in [-0.2, 0) is 23.9 Å². The zero-order valence-electron chi connectivity index (χ0n) is 19.8. The Balaban J connectivity index is 1.97. The van der Waals surface area contributed by atoms with E-state index in [1.165, 1.54) is 12.0 Å². The van der Waals surface area contributed by atoms with Gasteiger partial charge in [0.05, 0.1) is 19.3 Å². The zero-order valence-corrected chi connectivity index (χ0v) is 20.6. The molecule has 1 saturated heterocycles. The molecule has 1 fully saturated rings. The molecule has 198 valence electrons. The number of halogens is 3. The minimum atomic E-state index is -4.61. The van der Waals surface area contributed by atoms with E-state index in [4.69, 9.17) is 9.47 Å². The average Bonchev–Trinajstić information content (AvgIpc) is 3.14. The van der Waals surface area contributed by atoms with Gasteiger partial charge in [0.25, 0.3) is 0 Å². The highest BCUT2D eigenvalue weighted by Gasteiger charge is 2.46. The van der Waals surface area contributed by atoms with E-state index in [-0.39, 0.29) is 38.1 Å². The maximum Gasteiger partial charge on any atom is 0.405 e. The predicted molar refractivity (Wildman–Crippen MR) is 127 cm³/mol. The predicted octanol–water partition coefficient (Wildman–Crippen LogP) is 1.81. The zero-order chi connectivity index (χ0) is 26.7. The fourth-order valence-electron chi connectivity index (χ4n) is 3.31. The van der Waals surface area contributed by atoms with E-state index in [0.29, 0.717) is 18.0 Å². The van der Waals surface area contributed by atoms with Crippen molar-refractivity contribution in [2.75, 3.05) is 57.2 Å². The molecule has 0 radical (unpaired) electrons. The first-order valence-corrected chi connectivity index (χ1v) is 11.9. The van der Waals surface area contributed by atoms with Gasteiger partial charge in [-0.15, -0.1) is 11.8 Å². The molecule has 0 saturated carbocycles. The second-order valence-corrected chi connectivity index (χ2v) is 8.96. The van der Waals surface area contributed by atoms with Gasteiger partial charge < -0.3 is 30.3 Å². The van der Waals surface area contributed by atoms with Gasteiger partial charge in [-0.3, -0.25) is 14.4 Å². The summed E-state index contributed by atoms with van der Waals surface area (Å²) in [4.78, 5) is 38.4. The van der Waals surface area contributed by atoms with Crippen molar-refractivity contribution in [3.8, 4) is 6.07 Å². The number of anilines is 2. The Labute approximate surface area is 210 Å². The standard InChI is InChI=1S/C22H28F3N5O5S/c1-3-30-20(33)17(36-21(30)16(10-26)19(32)28-13-22(23,24)25)11-27-14-5-4-6-15(9-14)29-18(31)12-35-8-7-34-2/h4-6,9,16-17,21,27H,3,7-8,11-13H2,1-2H3,(H,28,32)(H,29,31)/t16-,17?,21?/m1/s1. The molecule has 14 heteroatoms. The van der Waals surface area contributed by atoms with Crippen LogP contribution in [0.3, 0.4) is 0 Å². The first kappa shape index (κ1) is 29.2. The fraction of sp³-hybridized carbons (Fsp3) is 0.545. The maximum absolute atomic E-state index is 12.9. The van der Waals surface area contributed by atoms with Crippen molar-refractivity contribution in [2.24, 2.45) is 5.92 Å². The minimum Gasteiger partial charge on any atom is -0.383 e. The first-order chi connectivity index (χ1) is 17.1. The minimum absolute atomic E-state index is 0.135. The van der Waals surface area contributed by atoms with E-state index in [0.717, 1.165) is 11.8 Å². The summed E-state index contributed by atoms with van der Waals surface area (Å²) < 4.78 is 47.4. The smallest absolute Gasteiger partial charge is 0.383 e. The first-order valence-electron chi connectivity index (χ1n) is 11.0. The third-order valence-corrected chi connectivity index (χ3v) is 6.49.